The Labute approximate surface area is 167 Å². The van der Waals surface area contributed by atoms with Gasteiger partial charge in [0, 0.05) is 9.26 Å². The molecule has 2 amide bonds. The summed E-state index contributed by atoms with van der Waals surface area (Å²) in [7, 11) is 1.22. The highest BCUT2D eigenvalue weighted by molar-refractivity contribution is 14.1. The Bertz CT molecular complexity index is 940. The first-order valence-corrected chi connectivity index (χ1v) is 8.88. The number of anilines is 2. The average molecular weight is 483 g/mol. The normalized spacial score (nSPS) is 14.0. The van der Waals surface area contributed by atoms with E-state index in [9.17, 15) is 14.4 Å². The summed E-state index contributed by atoms with van der Waals surface area (Å²) in [5.74, 6) is -2.01. The molecule has 0 aliphatic carbocycles. The molecule has 0 fully saturated rings. The second kappa shape index (κ2) is 7.46. The van der Waals surface area contributed by atoms with Gasteiger partial charge in [-0.2, -0.15) is 0 Å². The van der Waals surface area contributed by atoms with E-state index in [2.05, 4.69) is 27.9 Å². The van der Waals surface area contributed by atoms with Crippen molar-refractivity contribution in [1.82, 2.24) is 0 Å². The third kappa shape index (κ3) is 3.32. The molecule has 1 N–H and O–H groups in total. The topological polar surface area (TPSA) is 75.7 Å². The van der Waals surface area contributed by atoms with Crippen LogP contribution in [0.5, 0.6) is 0 Å². The van der Waals surface area contributed by atoms with E-state index in [0.717, 1.165) is 8.47 Å². The Morgan fingerprint density at radius 1 is 1.08 bits per heavy atom. The molecule has 1 heterocycles. The quantitative estimate of drug-likeness (QED) is 0.410. The number of benzene rings is 2. The lowest BCUT2D eigenvalue weighted by Gasteiger charge is -2.17. The van der Waals surface area contributed by atoms with E-state index in [-0.39, 0.29) is 22.0 Å². The SMILES string of the molecule is COC(=O)c1ccccc1N1C(=O)C(Cl)=C(Nc2ccc(I)cc2)C1=O. The molecular weight excluding hydrogens is 471 g/mol. The van der Waals surface area contributed by atoms with E-state index >= 15 is 0 Å². The maximum atomic E-state index is 12.8. The zero-order valence-corrected chi connectivity index (χ0v) is 16.4. The van der Waals surface area contributed by atoms with Crippen LogP contribution in [0.1, 0.15) is 10.4 Å². The molecule has 0 aromatic heterocycles. The molecule has 6 nitrogen and oxygen atoms in total. The molecule has 0 atom stereocenters. The number of hydrogen-bond donors (Lipinski definition) is 1. The zero-order valence-electron chi connectivity index (χ0n) is 13.5. The summed E-state index contributed by atoms with van der Waals surface area (Å²) < 4.78 is 5.74. The number of nitrogens with one attached hydrogen (secondary N) is 1. The van der Waals surface area contributed by atoms with Crippen LogP contribution < -0.4 is 10.2 Å². The number of nitrogens with zero attached hydrogens (tertiary/aromatic N) is 1. The Balaban J connectivity index is 1.96. The lowest BCUT2D eigenvalue weighted by atomic mass is 10.1. The molecule has 0 saturated carbocycles. The van der Waals surface area contributed by atoms with Gasteiger partial charge in [0.25, 0.3) is 11.8 Å². The molecule has 1 aliphatic heterocycles. The fraction of sp³-hybridized carbons (Fsp3) is 0.0556. The average Bonchev–Trinajstić information content (AvgIpc) is 2.86. The summed E-state index contributed by atoms with van der Waals surface area (Å²) in [6.45, 7) is 0. The minimum absolute atomic E-state index is 0.0439. The Hall–Kier alpha value is -2.39. The minimum Gasteiger partial charge on any atom is -0.465 e. The van der Waals surface area contributed by atoms with Crippen molar-refractivity contribution in [3.8, 4) is 0 Å². The molecule has 3 rings (SSSR count). The van der Waals surface area contributed by atoms with E-state index in [0.29, 0.717) is 5.69 Å². The molecule has 0 bridgehead atoms. The second-order valence-corrected chi connectivity index (χ2v) is 6.90. The molecule has 0 spiro atoms. The van der Waals surface area contributed by atoms with Crippen LogP contribution in [0.25, 0.3) is 0 Å². The zero-order chi connectivity index (χ0) is 18.8. The lowest BCUT2D eigenvalue weighted by Crippen LogP contribution is -2.33. The van der Waals surface area contributed by atoms with E-state index in [4.69, 9.17) is 16.3 Å². The Morgan fingerprint density at radius 3 is 2.38 bits per heavy atom. The van der Waals surface area contributed by atoms with Crippen molar-refractivity contribution in [2.24, 2.45) is 0 Å². The van der Waals surface area contributed by atoms with Crippen LogP contribution in [-0.4, -0.2) is 24.9 Å². The van der Waals surface area contributed by atoms with Crippen LogP contribution >= 0.6 is 34.2 Å². The summed E-state index contributed by atoms with van der Waals surface area (Å²) in [4.78, 5) is 38.2. The summed E-state index contributed by atoms with van der Waals surface area (Å²) in [5, 5.41) is 2.63. The van der Waals surface area contributed by atoms with Crippen LogP contribution in [0.15, 0.2) is 59.3 Å². The maximum absolute atomic E-state index is 12.8. The van der Waals surface area contributed by atoms with E-state index in [1.807, 2.05) is 12.1 Å². The number of amides is 2. The van der Waals surface area contributed by atoms with Crippen LogP contribution in [0, 0.1) is 3.57 Å². The van der Waals surface area contributed by atoms with Gasteiger partial charge in [0.2, 0.25) is 0 Å². The highest BCUT2D eigenvalue weighted by Gasteiger charge is 2.40. The molecule has 132 valence electrons. The second-order valence-electron chi connectivity index (χ2n) is 5.28. The van der Waals surface area contributed by atoms with Crippen molar-refractivity contribution in [1.29, 1.82) is 0 Å². The number of carbonyl (C=O) groups is 3. The van der Waals surface area contributed by atoms with Crippen molar-refractivity contribution in [3.63, 3.8) is 0 Å². The van der Waals surface area contributed by atoms with Gasteiger partial charge in [-0.1, -0.05) is 23.7 Å². The molecule has 2 aromatic carbocycles. The summed E-state index contributed by atoms with van der Waals surface area (Å²) >= 11 is 8.26. The van der Waals surface area contributed by atoms with Gasteiger partial charge in [0.15, 0.2) is 0 Å². The third-order valence-electron chi connectivity index (χ3n) is 3.69. The van der Waals surface area contributed by atoms with Gasteiger partial charge in [-0.3, -0.25) is 9.59 Å². The van der Waals surface area contributed by atoms with Crippen LogP contribution in [0.3, 0.4) is 0 Å². The van der Waals surface area contributed by atoms with Gasteiger partial charge in [0.05, 0.1) is 18.4 Å². The van der Waals surface area contributed by atoms with Crippen LogP contribution in [-0.2, 0) is 14.3 Å². The third-order valence-corrected chi connectivity index (χ3v) is 4.76. The monoisotopic (exact) mass is 482 g/mol. The van der Waals surface area contributed by atoms with Gasteiger partial charge in [0.1, 0.15) is 10.7 Å². The van der Waals surface area contributed by atoms with E-state index in [1.165, 1.54) is 19.2 Å². The first kappa shape index (κ1) is 18.4. The predicted molar refractivity (Wildman–Crippen MR) is 106 cm³/mol. The van der Waals surface area contributed by atoms with Gasteiger partial charge in [-0.15, -0.1) is 0 Å². The predicted octanol–water partition coefficient (Wildman–Crippen LogP) is 3.51. The number of rotatable bonds is 4. The number of halogens is 2. The van der Waals surface area contributed by atoms with Gasteiger partial charge < -0.3 is 10.1 Å². The molecular formula is C18H12ClIN2O4. The van der Waals surface area contributed by atoms with Gasteiger partial charge in [-0.25, -0.2) is 9.69 Å². The van der Waals surface area contributed by atoms with Gasteiger partial charge in [-0.05, 0) is 59.0 Å². The number of imide groups is 1. The number of para-hydroxylation sites is 1. The number of methoxy groups -OCH3 is 1. The molecule has 0 saturated heterocycles. The molecule has 0 radical (unpaired) electrons. The van der Waals surface area contributed by atoms with Crippen molar-refractivity contribution >= 4 is 63.4 Å². The van der Waals surface area contributed by atoms with E-state index in [1.54, 1.807) is 24.3 Å². The van der Waals surface area contributed by atoms with E-state index < -0.39 is 17.8 Å². The number of carbonyl (C=O) groups excluding carboxylic acids is 3. The molecule has 2 aromatic rings. The fourth-order valence-electron chi connectivity index (χ4n) is 2.46. The Kier molecular flexibility index (Phi) is 5.28. The fourth-order valence-corrected chi connectivity index (χ4v) is 3.03. The van der Waals surface area contributed by atoms with Crippen LogP contribution in [0.2, 0.25) is 0 Å². The minimum atomic E-state index is -0.707. The summed E-state index contributed by atoms with van der Waals surface area (Å²) in [6.07, 6.45) is 0. The lowest BCUT2D eigenvalue weighted by molar-refractivity contribution is -0.120. The maximum Gasteiger partial charge on any atom is 0.339 e. The smallest absolute Gasteiger partial charge is 0.339 e. The van der Waals surface area contributed by atoms with Crippen molar-refractivity contribution in [2.75, 3.05) is 17.3 Å². The van der Waals surface area contributed by atoms with Gasteiger partial charge >= 0.3 is 5.97 Å². The van der Waals surface area contributed by atoms with Crippen molar-refractivity contribution in [2.45, 2.75) is 0 Å². The first-order chi connectivity index (χ1) is 12.4. The molecule has 0 unspecified atom stereocenters. The first-order valence-electron chi connectivity index (χ1n) is 7.42. The van der Waals surface area contributed by atoms with Crippen LogP contribution in [0.4, 0.5) is 11.4 Å². The summed E-state index contributed by atoms with van der Waals surface area (Å²) in [6, 6.07) is 13.4. The highest BCUT2D eigenvalue weighted by Crippen LogP contribution is 2.32. The largest absolute Gasteiger partial charge is 0.465 e. The van der Waals surface area contributed by atoms with Crippen molar-refractivity contribution < 1.29 is 19.1 Å². The number of esters is 1. The summed E-state index contributed by atoms with van der Waals surface area (Å²) in [5.41, 5.74) is 0.781. The molecule has 26 heavy (non-hydrogen) atoms. The molecule has 8 heteroatoms. The number of ether oxygens (including phenoxy) is 1. The highest BCUT2D eigenvalue weighted by atomic mass is 127. The van der Waals surface area contributed by atoms with Crippen molar-refractivity contribution in [3.05, 3.63) is 68.4 Å². The standard InChI is InChI=1S/C18H12ClIN2O4/c1-26-18(25)12-4-2-3-5-13(12)22-16(23)14(19)15(17(22)24)21-11-8-6-10(20)7-9-11/h2-9,21H,1H3. The molecule has 1 aliphatic rings. The Morgan fingerprint density at radius 2 is 1.73 bits per heavy atom. The number of hydrogen-bond acceptors (Lipinski definition) is 5.